The van der Waals surface area contributed by atoms with Gasteiger partial charge in [0, 0.05) is 18.8 Å². The van der Waals surface area contributed by atoms with Crippen molar-refractivity contribution in [3.05, 3.63) is 46.5 Å². The van der Waals surface area contributed by atoms with E-state index in [0.29, 0.717) is 12.2 Å². The molecule has 0 bridgehead atoms. The number of nitrogens with zero attached hydrogens (tertiary/aromatic N) is 2. The second-order valence-corrected chi connectivity index (χ2v) is 5.93. The molecule has 1 fully saturated rings. The minimum atomic E-state index is -0.0121. The van der Waals surface area contributed by atoms with Gasteiger partial charge in [0.2, 0.25) is 0 Å². The van der Waals surface area contributed by atoms with Crippen LogP contribution >= 0.6 is 0 Å². The molecule has 2 unspecified atom stereocenters. The molecule has 4 heteroatoms. The third-order valence-electron chi connectivity index (χ3n) is 4.17. The molecule has 0 spiro atoms. The van der Waals surface area contributed by atoms with Crippen molar-refractivity contribution in [2.45, 2.75) is 32.7 Å². The molecule has 0 aromatic carbocycles. The molecular formula is C16H21N3O. The molecule has 1 aliphatic rings. The summed E-state index contributed by atoms with van der Waals surface area (Å²) in [4.78, 5) is 16.5. The third-order valence-corrected chi connectivity index (χ3v) is 4.17. The van der Waals surface area contributed by atoms with Crippen LogP contribution < -0.4 is 10.9 Å². The molecule has 0 amide bonds. The number of aromatic nitrogens is 2. The van der Waals surface area contributed by atoms with Gasteiger partial charge in [-0.25, -0.2) is 4.98 Å². The van der Waals surface area contributed by atoms with Gasteiger partial charge in [-0.1, -0.05) is 19.4 Å². The molecule has 4 nitrogen and oxygen atoms in total. The Morgan fingerprint density at radius 3 is 3.10 bits per heavy atom. The Morgan fingerprint density at radius 2 is 2.30 bits per heavy atom. The Morgan fingerprint density at radius 1 is 1.40 bits per heavy atom. The van der Waals surface area contributed by atoms with Crippen LogP contribution in [-0.4, -0.2) is 15.9 Å². The van der Waals surface area contributed by atoms with Crippen LogP contribution in [0.4, 0.5) is 0 Å². The van der Waals surface area contributed by atoms with Gasteiger partial charge in [-0.15, -0.1) is 0 Å². The Labute approximate surface area is 118 Å². The van der Waals surface area contributed by atoms with E-state index in [9.17, 15) is 4.79 Å². The summed E-state index contributed by atoms with van der Waals surface area (Å²) in [5.74, 6) is 1.65. The van der Waals surface area contributed by atoms with E-state index in [1.807, 2.05) is 18.2 Å². The maximum Gasteiger partial charge on any atom is 0.258 e. The SMILES string of the molecule is CC1CCC(CNCc2cc(=O)n3ccccc3n2)C1. The predicted octanol–water partition coefficient (Wildman–Crippen LogP) is 2.22. The van der Waals surface area contributed by atoms with Crippen molar-refractivity contribution in [1.29, 1.82) is 0 Å². The topological polar surface area (TPSA) is 46.4 Å². The van der Waals surface area contributed by atoms with Gasteiger partial charge in [0.1, 0.15) is 5.65 Å². The summed E-state index contributed by atoms with van der Waals surface area (Å²) >= 11 is 0. The Kier molecular flexibility index (Phi) is 3.83. The zero-order valence-corrected chi connectivity index (χ0v) is 11.9. The molecule has 1 aliphatic carbocycles. The average Bonchev–Trinajstić information content (AvgIpc) is 2.85. The first kappa shape index (κ1) is 13.3. The highest BCUT2D eigenvalue weighted by molar-refractivity contribution is 5.37. The average molecular weight is 271 g/mol. The molecule has 0 radical (unpaired) electrons. The first-order valence-electron chi connectivity index (χ1n) is 7.40. The number of fused-ring (bicyclic) bond motifs is 1. The maximum atomic E-state index is 12.0. The number of hydrogen-bond acceptors (Lipinski definition) is 3. The van der Waals surface area contributed by atoms with Crippen LogP contribution in [0, 0.1) is 11.8 Å². The smallest absolute Gasteiger partial charge is 0.258 e. The van der Waals surface area contributed by atoms with E-state index >= 15 is 0 Å². The quantitative estimate of drug-likeness (QED) is 0.927. The lowest BCUT2D eigenvalue weighted by molar-refractivity contribution is 0.469. The highest BCUT2D eigenvalue weighted by atomic mass is 16.1. The molecule has 2 aromatic rings. The summed E-state index contributed by atoms with van der Waals surface area (Å²) in [5, 5.41) is 3.45. The Hall–Kier alpha value is -1.68. The van der Waals surface area contributed by atoms with Crippen molar-refractivity contribution >= 4 is 5.65 Å². The molecule has 0 saturated heterocycles. The van der Waals surface area contributed by atoms with Gasteiger partial charge in [0.05, 0.1) is 5.69 Å². The van der Waals surface area contributed by atoms with Crippen LogP contribution in [0.5, 0.6) is 0 Å². The van der Waals surface area contributed by atoms with E-state index in [1.54, 1.807) is 16.7 Å². The van der Waals surface area contributed by atoms with E-state index in [1.165, 1.54) is 19.3 Å². The third kappa shape index (κ3) is 2.90. The Bertz CT molecular complexity index is 649. The van der Waals surface area contributed by atoms with Crippen molar-refractivity contribution in [3.8, 4) is 0 Å². The first-order valence-corrected chi connectivity index (χ1v) is 7.40. The lowest BCUT2D eigenvalue weighted by Gasteiger charge is -2.11. The Balaban J connectivity index is 1.64. The molecule has 1 N–H and O–H groups in total. The molecule has 0 aliphatic heterocycles. The summed E-state index contributed by atoms with van der Waals surface area (Å²) < 4.78 is 1.57. The molecule has 2 heterocycles. The standard InChI is InChI=1S/C16H21N3O/c1-12-5-6-13(8-12)10-17-11-14-9-16(20)19-7-3-2-4-15(19)18-14/h2-4,7,9,12-13,17H,5-6,8,10-11H2,1H3. The van der Waals surface area contributed by atoms with Gasteiger partial charge in [-0.2, -0.15) is 0 Å². The molecule has 2 atom stereocenters. The zero-order chi connectivity index (χ0) is 13.9. The predicted molar refractivity (Wildman–Crippen MR) is 79.7 cm³/mol. The molecular weight excluding hydrogens is 250 g/mol. The lowest BCUT2D eigenvalue weighted by Crippen LogP contribution is -2.23. The summed E-state index contributed by atoms with van der Waals surface area (Å²) in [6.45, 7) is 4.03. The molecule has 20 heavy (non-hydrogen) atoms. The van der Waals surface area contributed by atoms with Crippen LogP contribution in [0.2, 0.25) is 0 Å². The molecule has 3 rings (SSSR count). The minimum Gasteiger partial charge on any atom is -0.311 e. The summed E-state index contributed by atoms with van der Waals surface area (Å²) in [7, 11) is 0. The van der Waals surface area contributed by atoms with E-state index in [0.717, 1.165) is 24.1 Å². The van der Waals surface area contributed by atoms with Gasteiger partial charge in [0.15, 0.2) is 0 Å². The van der Waals surface area contributed by atoms with Crippen LogP contribution in [0.1, 0.15) is 31.9 Å². The molecule has 2 aromatic heterocycles. The lowest BCUT2D eigenvalue weighted by atomic mass is 10.1. The van der Waals surface area contributed by atoms with Crippen LogP contribution in [0.15, 0.2) is 35.3 Å². The van der Waals surface area contributed by atoms with Crippen molar-refractivity contribution in [2.24, 2.45) is 11.8 Å². The second kappa shape index (κ2) is 5.75. The van der Waals surface area contributed by atoms with Gasteiger partial charge in [-0.3, -0.25) is 9.20 Å². The maximum absolute atomic E-state index is 12.0. The van der Waals surface area contributed by atoms with Gasteiger partial charge >= 0.3 is 0 Å². The summed E-state index contributed by atoms with van der Waals surface area (Å²) in [6.07, 6.45) is 5.74. The second-order valence-electron chi connectivity index (χ2n) is 5.93. The van der Waals surface area contributed by atoms with Crippen molar-refractivity contribution < 1.29 is 0 Å². The fourth-order valence-electron chi connectivity index (χ4n) is 3.11. The van der Waals surface area contributed by atoms with E-state index in [-0.39, 0.29) is 5.56 Å². The van der Waals surface area contributed by atoms with Crippen molar-refractivity contribution in [1.82, 2.24) is 14.7 Å². The fraction of sp³-hybridized carbons (Fsp3) is 0.500. The van der Waals surface area contributed by atoms with Gasteiger partial charge < -0.3 is 5.32 Å². The van der Waals surface area contributed by atoms with Crippen LogP contribution in [0.3, 0.4) is 0 Å². The van der Waals surface area contributed by atoms with E-state index < -0.39 is 0 Å². The van der Waals surface area contributed by atoms with Crippen LogP contribution in [0.25, 0.3) is 5.65 Å². The highest BCUT2D eigenvalue weighted by Gasteiger charge is 2.20. The largest absolute Gasteiger partial charge is 0.311 e. The summed E-state index contributed by atoms with van der Waals surface area (Å²) in [5.41, 5.74) is 1.53. The van der Waals surface area contributed by atoms with Crippen molar-refractivity contribution in [2.75, 3.05) is 6.54 Å². The fourth-order valence-corrected chi connectivity index (χ4v) is 3.11. The minimum absolute atomic E-state index is 0.0121. The first-order chi connectivity index (χ1) is 9.72. The zero-order valence-electron chi connectivity index (χ0n) is 11.9. The number of hydrogen-bond donors (Lipinski definition) is 1. The van der Waals surface area contributed by atoms with Gasteiger partial charge in [0.25, 0.3) is 5.56 Å². The summed E-state index contributed by atoms with van der Waals surface area (Å²) in [6, 6.07) is 7.23. The molecule has 1 saturated carbocycles. The number of pyridine rings is 1. The van der Waals surface area contributed by atoms with E-state index in [4.69, 9.17) is 0 Å². The highest BCUT2D eigenvalue weighted by Crippen LogP contribution is 2.29. The van der Waals surface area contributed by atoms with Crippen molar-refractivity contribution in [3.63, 3.8) is 0 Å². The van der Waals surface area contributed by atoms with Gasteiger partial charge in [-0.05, 0) is 43.4 Å². The monoisotopic (exact) mass is 271 g/mol. The van der Waals surface area contributed by atoms with Crippen LogP contribution in [-0.2, 0) is 6.54 Å². The molecule has 106 valence electrons. The normalized spacial score (nSPS) is 22.4. The number of nitrogens with one attached hydrogen (secondary N) is 1. The van der Waals surface area contributed by atoms with E-state index in [2.05, 4.69) is 17.2 Å². The number of rotatable bonds is 4.